The zero-order chi connectivity index (χ0) is 19.6. The number of nitrogens with zero attached hydrogens (tertiary/aromatic N) is 3. The van der Waals surface area contributed by atoms with Gasteiger partial charge in [-0.25, -0.2) is 4.79 Å². The highest BCUT2D eigenvalue weighted by atomic mass is 16.2. The summed E-state index contributed by atoms with van der Waals surface area (Å²) in [7, 11) is 0. The fourth-order valence-electron chi connectivity index (χ4n) is 3.72. The highest BCUT2D eigenvalue weighted by Crippen LogP contribution is 2.19. The number of amides is 2. The van der Waals surface area contributed by atoms with Gasteiger partial charge in [0.05, 0.1) is 5.52 Å². The van der Waals surface area contributed by atoms with Crippen LogP contribution in [0.1, 0.15) is 30.5 Å². The van der Waals surface area contributed by atoms with E-state index in [9.17, 15) is 9.59 Å². The Kier molecular flexibility index (Phi) is 5.85. The van der Waals surface area contributed by atoms with Gasteiger partial charge in [-0.2, -0.15) is 0 Å². The van der Waals surface area contributed by atoms with E-state index in [1.54, 1.807) is 0 Å². The maximum absolute atomic E-state index is 12.6. The van der Waals surface area contributed by atoms with Crippen molar-refractivity contribution in [2.24, 2.45) is 0 Å². The number of urea groups is 1. The molecule has 3 rings (SSSR count). The van der Waals surface area contributed by atoms with Gasteiger partial charge in [-0.3, -0.25) is 9.69 Å². The number of aromatic amines is 1. The number of benzene rings is 1. The van der Waals surface area contributed by atoms with Crippen LogP contribution in [0.2, 0.25) is 0 Å². The van der Waals surface area contributed by atoms with Gasteiger partial charge in [-0.05, 0) is 50.3 Å². The normalized spacial score (nSPS) is 15.3. The van der Waals surface area contributed by atoms with Crippen molar-refractivity contribution >= 4 is 16.9 Å². The Balaban J connectivity index is 1.69. The van der Waals surface area contributed by atoms with Gasteiger partial charge in [0, 0.05) is 51.4 Å². The zero-order valence-electron chi connectivity index (χ0n) is 16.8. The number of piperazine rings is 1. The molecule has 6 nitrogen and oxygen atoms in total. The van der Waals surface area contributed by atoms with E-state index in [0.29, 0.717) is 19.6 Å². The van der Waals surface area contributed by atoms with Crippen molar-refractivity contribution in [3.8, 4) is 0 Å². The lowest BCUT2D eigenvalue weighted by Crippen LogP contribution is -2.52. The lowest BCUT2D eigenvalue weighted by molar-refractivity contribution is 0.112. The minimum absolute atomic E-state index is 0.0159. The summed E-state index contributed by atoms with van der Waals surface area (Å²) in [5.74, 6) is 0. The average Bonchev–Trinajstić information content (AvgIpc) is 2.67. The van der Waals surface area contributed by atoms with E-state index in [2.05, 4.69) is 28.9 Å². The number of carbonyl (C=O) groups excluding carboxylic acids is 1. The van der Waals surface area contributed by atoms with Gasteiger partial charge in [-0.1, -0.05) is 12.1 Å². The predicted molar refractivity (Wildman–Crippen MR) is 109 cm³/mol. The summed E-state index contributed by atoms with van der Waals surface area (Å²) in [5.41, 5.74) is 4.00. The minimum Gasteiger partial charge on any atom is -0.325 e. The van der Waals surface area contributed by atoms with Crippen LogP contribution in [-0.4, -0.2) is 65.0 Å². The molecular weight excluding hydrogens is 340 g/mol. The van der Waals surface area contributed by atoms with Crippen molar-refractivity contribution in [2.45, 2.75) is 34.2 Å². The quantitative estimate of drug-likeness (QED) is 0.900. The molecule has 1 aromatic heterocycles. The predicted octanol–water partition coefficient (Wildman–Crippen LogP) is 2.72. The Bertz CT molecular complexity index is 878. The second kappa shape index (κ2) is 8.13. The fourth-order valence-corrected chi connectivity index (χ4v) is 3.72. The van der Waals surface area contributed by atoms with E-state index in [1.165, 1.54) is 5.56 Å². The number of aryl methyl sites for hydroxylation is 2. The summed E-state index contributed by atoms with van der Waals surface area (Å²) in [6.45, 7) is 13.2. The molecule has 0 saturated carbocycles. The number of nitrogens with one attached hydrogen (secondary N) is 1. The third-order valence-electron chi connectivity index (χ3n) is 5.70. The number of fused-ring (bicyclic) bond motifs is 1. The highest BCUT2D eigenvalue weighted by molar-refractivity contribution is 5.83. The largest absolute Gasteiger partial charge is 0.325 e. The molecule has 0 aliphatic carbocycles. The minimum atomic E-state index is -0.0159. The topological polar surface area (TPSA) is 59.7 Å². The van der Waals surface area contributed by atoms with E-state index < -0.39 is 0 Å². The fraction of sp³-hybridized carbons (Fsp3) is 0.524. The first-order valence-corrected chi connectivity index (χ1v) is 9.82. The standard InChI is InChI=1S/C21H30N4O2/c1-5-24(6-2)21(27)25-11-9-23(10-12-25)14-18-13-17-8-7-15(3)16(4)19(17)22-20(18)26/h7-8,13H,5-6,9-12,14H2,1-4H3,(H,22,26). The number of H-pyrrole nitrogens is 1. The molecule has 0 spiro atoms. The number of carbonyl (C=O) groups is 1. The number of pyridine rings is 1. The van der Waals surface area contributed by atoms with Crippen molar-refractivity contribution in [2.75, 3.05) is 39.3 Å². The molecule has 0 radical (unpaired) electrons. The van der Waals surface area contributed by atoms with E-state index >= 15 is 0 Å². The Labute approximate surface area is 160 Å². The summed E-state index contributed by atoms with van der Waals surface area (Å²) in [4.78, 5) is 34.1. The Hall–Kier alpha value is -2.34. The summed E-state index contributed by atoms with van der Waals surface area (Å²) >= 11 is 0. The monoisotopic (exact) mass is 370 g/mol. The van der Waals surface area contributed by atoms with Crippen LogP contribution in [0.4, 0.5) is 4.79 Å². The lowest BCUT2D eigenvalue weighted by atomic mass is 10.0. The number of aromatic nitrogens is 1. The van der Waals surface area contributed by atoms with Crippen LogP contribution in [-0.2, 0) is 6.54 Å². The van der Waals surface area contributed by atoms with Crippen molar-refractivity contribution in [1.29, 1.82) is 0 Å². The first kappa shape index (κ1) is 19.4. The van der Waals surface area contributed by atoms with Gasteiger partial charge in [-0.15, -0.1) is 0 Å². The number of hydrogen-bond acceptors (Lipinski definition) is 3. The van der Waals surface area contributed by atoms with Crippen LogP contribution in [0.3, 0.4) is 0 Å². The van der Waals surface area contributed by atoms with Crippen molar-refractivity contribution in [3.63, 3.8) is 0 Å². The van der Waals surface area contributed by atoms with E-state index in [0.717, 1.165) is 48.2 Å². The van der Waals surface area contributed by atoms with Gasteiger partial charge in [0.15, 0.2) is 0 Å². The molecule has 1 aliphatic heterocycles. The molecule has 0 unspecified atom stereocenters. The Morgan fingerprint density at radius 2 is 1.78 bits per heavy atom. The molecule has 2 aromatic rings. The molecule has 1 saturated heterocycles. The van der Waals surface area contributed by atoms with Crippen molar-refractivity contribution in [1.82, 2.24) is 19.7 Å². The SMILES string of the molecule is CCN(CC)C(=O)N1CCN(Cc2cc3ccc(C)c(C)c3[nH]c2=O)CC1. The number of rotatable bonds is 4. The summed E-state index contributed by atoms with van der Waals surface area (Å²) in [6, 6.07) is 6.29. The van der Waals surface area contributed by atoms with E-state index in [1.807, 2.05) is 36.6 Å². The summed E-state index contributed by atoms with van der Waals surface area (Å²) < 4.78 is 0. The van der Waals surface area contributed by atoms with Gasteiger partial charge < -0.3 is 14.8 Å². The maximum atomic E-state index is 12.6. The number of hydrogen-bond donors (Lipinski definition) is 1. The first-order chi connectivity index (χ1) is 12.9. The molecule has 27 heavy (non-hydrogen) atoms. The van der Waals surface area contributed by atoms with E-state index in [-0.39, 0.29) is 11.6 Å². The molecule has 1 aliphatic rings. The molecule has 0 atom stereocenters. The van der Waals surface area contributed by atoms with Crippen molar-refractivity contribution < 1.29 is 4.79 Å². The van der Waals surface area contributed by atoms with Gasteiger partial charge in [0.25, 0.3) is 5.56 Å². The van der Waals surface area contributed by atoms with Crippen LogP contribution in [0.5, 0.6) is 0 Å². The molecule has 1 aromatic carbocycles. The van der Waals surface area contributed by atoms with Gasteiger partial charge in [0.2, 0.25) is 0 Å². The van der Waals surface area contributed by atoms with E-state index in [4.69, 9.17) is 0 Å². The van der Waals surface area contributed by atoms with Crippen LogP contribution in [0.25, 0.3) is 10.9 Å². The molecule has 146 valence electrons. The van der Waals surface area contributed by atoms with Gasteiger partial charge >= 0.3 is 6.03 Å². The molecule has 6 heteroatoms. The molecular formula is C21H30N4O2. The zero-order valence-corrected chi connectivity index (χ0v) is 16.8. The van der Waals surface area contributed by atoms with Gasteiger partial charge in [0.1, 0.15) is 0 Å². The maximum Gasteiger partial charge on any atom is 0.320 e. The van der Waals surface area contributed by atoms with Crippen LogP contribution in [0.15, 0.2) is 23.0 Å². The smallest absolute Gasteiger partial charge is 0.320 e. The molecule has 1 fully saturated rings. The third kappa shape index (κ3) is 4.00. The summed E-state index contributed by atoms with van der Waals surface area (Å²) in [6.07, 6.45) is 0. The van der Waals surface area contributed by atoms with Crippen LogP contribution in [0, 0.1) is 13.8 Å². The third-order valence-corrected chi connectivity index (χ3v) is 5.70. The second-order valence-corrected chi connectivity index (χ2v) is 7.31. The Morgan fingerprint density at radius 1 is 1.11 bits per heavy atom. The van der Waals surface area contributed by atoms with Crippen molar-refractivity contribution in [3.05, 3.63) is 45.2 Å². The van der Waals surface area contributed by atoms with Crippen LogP contribution < -0.4 is 5.56 Å². The first-order valence-electron chi connectivity index (χ1n) is 9.82. The molecule has 0 bridgehead atoms. The summed E-state index contributed by atoms with van der Waals surface area (Å²) in [5, 5.41) is 1.07. The van der Waals surface area contributed by atoms with Crippen LogP contribution >= 0.6 is 0 Å². The second-order valence-electron chi connectivity index (χ2n) is 7.31. The lowest BCUT2D eigenvalue weighted by Gasteiger charge is -2.37. The average molecular weight is 370 g/mol. The molecule has 2 heterocycles. The molecule has 2 amide bonds. The highest BCUT2D eigenvalue weighted by Gasteiger charge is 2.24. The Morgan fingerprint density at radius 3 is 2.41 bits per heavy atom. The molecule has 1 N–H and O–H groups in total.